The van der Waals surface area contributed by atoms with E-state index in [0.29, 0.717) is 5.41 Å². The van der Waals surface area contributed by atoms with Crippen molar-refractivity contribution in [3.63, 3.8) is 0 Å². The Kier molecular flexibility index (Phi) is 4.64. The van der Waals surface area contributed by atoms with E-state index in [9.17, 15) is 0 Å². The highest BCUT2D eigenvalue weighted by Crippen LogP contribution is 2.30. The summed E-state index contributed by atoms with van der Waals surface area (Å²) in [6.45, 7) is 12.8. The van der Waals surface area contributed by atoms with Gasteiger partial charge in [0, 0.05) is 12.6 Å². The standard InChI is InChI=1S/C14H29N/c1-11(2)12-8-6-7-9-13(12)15-10-14(3,4)5/h11-13,15H,6-10H2,1-5H3. The average Bonchev–Trinajstić information content (AvgIpc) is 2.14. The molecule has 2 atom stereocenters. The molecular weight excluding hydrogens is 182 g/mol. The second kappa shape index (κ2) is 5.34. The molecule has 0 saturated heterocycles. The van der Waals surface area contributed by atoms with Gasteiger partial charge in [-0.05, 0) is 30.1 Å². The fourth-order valence-corrected chi connectivity index (χ4v) is 2.65. The van der Waals surface area contributed by atoms with E-state index in [1.807, 2.05) is 0 Å². The fraction of sp³-hybridized carbons (Fsp3) is 1.00. The third-order valence-electron chi connectivity index (χ3n) is 3.57. The first-order valence-electron chi connectivity index (χ1n) is 6.63. The van der Waals surface area contributed by atoms with Crippen LogP contribution in [0.3, 0.4) is 0 Å². The molecule has 2 unspecified atom stereocenters. The lowest BCUT2D eigenvalue weighted by Crippen LogP contribution is -2.44. The van der Waals surface area contributed by atoms with Gasteiger partial charge >= 0.3 is 0 Å². The predicted octanol–water partition coefficient (Wildman–Crippen LogP) is 3.84. The van der Waals surface area contributed by atoms with Gasteiger partial charge in [0.05, 0.1) is 0 Å². The molecule has 0 bridgehead atoms. The van der Waals surface area contributed by atoms with Crippen LogP contribution in [0.2, 0.25) is 0 Å². The maximum atomic E-state index is 3.79. The summed E-state index contributed by atoms with van der Waals surface area (Å²) in [6, 6.07) is 0.776. The van der Waals surface area contributed by atoms with Gasteiger partial charge in [-0.25, -0.2) is 0 Å². The van der Waals surface area contributed by atoms with E-state index in [4.69, 9.17) is 0 Å². The first-order chi connectivity index (χ1) is 6.90. The summed E-state index contributed by atoms with van der Waals surface area (Å²) in [5.41, 5.74) is 0.416. The molecule has 0 aliphatic heterocycles. The van der Waals surface area contributed by atoms with Crippen molar-refractivity contribution < 1.29 is 0 Å². The topological polar surface area (TPSA) is 12.0 Å². The molecule has 90 valence electrons. The molecule has 0 aromatic rings. The summed E-state index contributed by atoms with van der Waals surface area (Å²) in [7, 11) is 0. The maximum Gasteiger partial charge on any atom is 0.00979 e. The Morgan fingerprint density at radius 3 is 2.27 bits per heavy atom. The number of hydrogen-bond acceptors (Lipinski definition) is 1. The molecule has 0 spiro atoms. The van der Waals surface area contributed by atoms with Gasteiger partial charge in [0.15, 0.2) is 0 Å². The smallest absolute Gasteiger partial charge is 0.00979 e. The van der Waals surface area contributed by atoms with Crippen molar-refractivity contribution in [2.45, 2.75) is 66.3 Å². The monoisotopic (exact) mass is 211 g/mol. The summed E-state index contributed by atoms with van der Waals surface area (Å²) < 4.78 is 0. The van der Waals surface area contributed by atoms with Crippen LogP contribution in [-0.2, 0) is 0 Å². The molecule has 0 amide bonds. The van der Waals surface area contributed by atoms with Crippen LogP contribution < -0.4 is 5.32 Å². The molecule has 0 aromatic carbocycles. The Bertz CT molecular complexity index is 178. The average molecular weight is 211 g/mol. The van der Waals surface area contributed by atoms with Crippen LogP contribution >= 0.6 is 0 Å². The van der Waals surface area contributed by atoms with Crippen LogP contribution in [0.4, 0.5) is 0 Å². The van der Waals surface area contributed by atoms with Gasteiger partial charge in [-0.15, -0.1) is 0 Å². The van der Waals surface area contributed by atoms with Crippen molar-refractivity contribution in [1.82, 2.24) is 5.32 Å². The molecule has 0 heterocycles. The zero-order valence-electron chi connectivity index (χ0n) is 11.3. The highest BCUT2D eigenvalue weighted by Gasteiger charge is 2.27. The van der Waals surface area contributed by atoms with Crippen LogP contribution in [0, 0.1) is 17.3 Å². The Morgan fingerprint density at radius 2 is 1.73 bits per heavy atom. The molecular formula is C14H29N. The molecule has 1 N–H and O–H groups in total. The molecule has 1 aliphatic carbocycles. The number of rotatable bonds is 3. The van der Waals surface area contributed by atoms with Crippen LogP contribution in [0.5, 0.6) is 0 Å². The first kappa shape index (κ1) is 13.0. The molecule has 1 fully saturated rings. The largest absolute Gasteiger partial charge is 0.313 e. The van der Waals surface area contributed by atoms with Crippen molar-refractivity contribution in [3.05, 3.63) is 0 Å². The molecule has 15 heavy (non-hydrogen) atoms. The van der Waals surface area contributed by atoms with Crippen molar-refractivity contribution in [2.24, 2.45) is 17.3 Å². The Labute approximate surface area is 96.0 Å². The highest BCUT2D eigenvalue weighted by molar-refractivity contribution is 4.84. The quantitative estimate of drug-likeness (QED) is 0.748. The van der Waals surface area contributed by atoms with Crippen LogP contribution in [0.15, 0.2) is 0 Å². The van der Waals surface area contributed by atoms with E-state index in [0.717, 1.165) is 24.4 Å². The van der Waals surface area contributed by atoms with Crippen LogP contribution in [0.25, 0.3) is 0 Å². The summed E-state index contributed by atoms with van der Waals surface area (Å²) in [4.78, 5) is 0. The number of hydrogen-bond donors (Lipinski definition) is 1. The second-order valence-corrected chi connectivity index (χ2v) is 6.74. The Hall–Kier alpha value is -0.0400. The zero-order chi connectivity index (χ0) is 11.5. The minimum absolute atomic E-state index is 0.416. The SMILES string of the molecule is CC(C)C1CCCCC1NCC(C)(C)C. The summed E-state index contributed by atoms with van der Waals surface area (Å²) in [5, 5.41) is 3.79. The molecule has 1 saturated carbocycles. The van der Waals surface area contributed by atoms with Gasteiger partial charge < -0.3 is 5.32 Å². The summed E-state index contributed by atoms with van der Waals surface area (Å²) in [5.74, 6) is 1.74. The zero-order valence-corrected chi connectivity index (χ0v) is 11.3. The second-order valence-electron chi connectivity index (χ2n) is 6.74. The molecule has 1 heteroatoms. The summed E-state index contributed by atoms with van der Waals surface area (Å²) >= 11 is 0. The minimum atomic E-state index is 0.416. The normalized spacial score (nSPS) is 28.4. The lowest BCUT2D eigenvalue weighted by atomic mass is 9.77. The van der Waals surface area contributed by atoms with Gasteiger partial charge in [0.25, 0.3) is 0 Å². The lowest BCUT2D eigenvalue weighted by molar-refractivity contribution is 0.190. The number of nitrogens with one attached hydrogen (secondary N) is 1. The van der Waals surface area contributed by atoms with Gasteiger partial charge in [-0.3, -0.25) is 0 Å². The third-order valence-corrected chi connectivity index (χ3v) is 3.57. The molecule has 0 aromatic heterocycles. The van der Waals surface area contributed by atoms with Gasteiger partial charge in [0.1, 0.15) is 0 Å². The molecule has 1 nitrogen and oxygen atoms in total. The third kappa shape index (κ3) is 4.55. The molecule has 1 rings (SSSR count). The minimum Gasteiger partial charge on any atom is -0.313 e. The van der Waals surface area contributed by atoms with Crippen LogP contribution in [0.1, 0.15) is 60.3 Å². The van der Waals surface area contributed by atoms with Gasteiger partial charge in [-0.1, -0.05) is 47.5 Å². The van der Waals surface area contributed by atoms with Crippen molar-refractivity contribution in [2.75, 3.05) is 6.54 Å². The van der Waals surface area contributed by atoms with Crippen molar-refractivity contribution >= 4 is 0 Å². The Balaban J connectivity index is 2.43. The Morgan fingerprint density at radius 1 is 1.13 bits per heavy atom. The van der Waals surface area contributed by atoms with E-state index in [1.165, 1.54) is 25.7 Å². The van der Waals surface area contributed by atoms with E-state index in [1.54, 1.807) is 0 Å². The van der Waals surface area contributed by atoms with E-state index < -0.39 is 0 Å². The van der Waals surface area contributed by atoms with Gasteiger partial charge in [-0.2, -0.15) is 0 Å². The van der Waals surface area contributed by atoms with Crippen molar-refractivity contribution in [3.8, 4) is 0 Å². The van der Waals surface area contributed by atoms with E-state index in [2.05, 4.69) is 39.9 Å². The maximum absolute atomic E-state index is 3.79. The highest BCUT2D eigenvalue weighted by atomic mass is 14.9. The van der Waals surface area contributed by atoms with E-state index >= 15 is 0 Å². The van der Waals surface area contributed by atoms with Crippen molar-refractivity contribution in [1.29, 1.82) is 0 Å². The predicted molar refractivity (Wildman–Crippen MR) is 68.0 cm³/mol. The molecule has 0 radical (unpaired) electrons. The first-order valence-corrected chi connectivity index (χ1v) is 6.63. The molecule has 1 aliphatic rings. The fourth-order valence-electron chi connectivity index (χ4n) is 2.65. The van der Waals surface area contributed by atoms with E-state index in [-0.39, 0.29) is 0 Å². The lowest BCUT2D eigenvalue weighted by Gasteiger charge is -2.36. The summed E-state index contributed by atoms with van der Waals surface area (Å²) in [6.07, 6.45) is 5.68. The van der Waals surface area contributed by atoms with Crippen LogP contribution in [-0.4, -0.2) is 12.6 Å². The van der Waals surface area contributed by atoms with Gasteiger partial charge in [0.2, 0.25) is 0 Å².